The first-order valence-electron chi connectivity index (χ1n) is 8.06. The lowest BCUT2D eigenvalue weighted by atomic mass is 10.2. The maximum atomic E-state index is 6.16. The normalized spacial score (nSPS) is 11.6. The molecule has 0 bridgehead atoms. The molecule has 0 aliphatic carbocycles. The van der Waals surface area contributed by atoms with Crippen LogP contribution in [-0.4, -0.2) is 21.9 Å². The van der Waals surface area contributed by atoms with Crippen molar-refractivity contribution in [3.63, 3.8) is 0 Å². The van der Waals surface area contributed by atoms with E-state index < -0.39 is 0 Å². The number of benzene rings is 2. The molecule has 0 spiro atoms. The minimum absolute atomic E-state index is 0.741. The van der Waals surface area contributed by atoms with Crippen LogP contribution in [0.25, 0.3) is 38.7 Å². The van der Waals surface area contributed by atoms with Gasteiger partial charge in [-0.25, -0.2) is 9.67 Å². The number of pyridine rings is 1. The van der Waals surface area contributed by atoms with Crippen molar-refractivity contribution in [3.8, 4) is 11.4 Å². The number of nitrogens with zero attached hydrogens (tertiary/aromatic N) is 3. The van der Waals surface area contributed by atoms with Gasteiger partial charge < -0.3 is 9.15 Å². The van der Waals surface area contributed by atoms with E-state index in [9.17, 15) is 0 Å². The molecule has 3 aromatic heterocycles. The number of hydrogen-bond acceptors (Lipinski definition) is 4. The molecule has 0 aliphatic rings. The molecule has 0 aliphatic heterocycles. The van der Waals surface area contributed by atoms with E-state index in [-0.39, 0.29) is 0 Å². The zero-order chi connectivity index (χ0) is 17.0. The van der Waals surface area contributed by atoms with Gasteiger partial charge in [-0.2, -0.15) is 5.10 Å². The highest BCUT2D eigenvalue weighted by Gasteiger charge is 2.18. The average Bonchev–Trinajstić information content (AvgIpc) is 3.24. The largest absolute Gasteiger partial charge is 0.497 e. The first-order chi connectivity index (χ1) is 12.3. The van der Waals surface area contributed by atoms with E-state index in [0.717, 1.165) is 50.1 Å². The summed E-state index contributed by atoms with van der Waals surface area (Å²) in [6.07, 6.45) is 1.85. The van der Waals surface area contributed by atoms with E-state index in [1.807, 2.05) is 66.3 Å². The van der Waals surface area contributed by atoms with Crippen LogP contribution in [0.4, 0.5) is 0 Å². The Morgan fingerprint density at radius 2 is 1.88 bits per heavy atom. The van der Waals surface area contributed by atoms with Crippen LogP contribution in [0.3, 0.4) is 0 Å². The van der Waals surface area contributed by atoms with Crippen LogP contribution < -0.4 is 4.74 Å². The second kappa shape index (κ2) is 5.08. The lowest BCUT2D eigenvalue weighted by Gasteiger charge is -2.04. The first kappa shape index (κ1) is 14.0. The molecular weight excluding hydrogens is 314 g/mol. The molecule has 0 radical (unpaired) electrons. The van der Waals surface area contributed by atoms with Crippen molar-refractivity contribution in [1.82, 2.24) is 14.8 Å². The van der Waals surface area contributed by atoms with E-state index in [4.69, 9.17) is 14.1 Å². The molecule has 5 aromatic rings. The Labute approximate surface area is 143 Å². The minimum Gasteiger partial charge on any atom is -0.497 e. The molecule has 5 nitrogen and oxygen atoms in total. The minimum atomic E-state index is 0.741. The third-order valence-electron chi connectivity index (χ3n) is 4.52. The second-order valence-corrected chi connectivity index (χ2v) is 5.99. The fraction of sp³-hybridized carbons (Fsp3) is 0.100. The summed E-state index contributed by atoms with van der Waals surface area (Å²) in [5.74, 6) is 0.784. The van der Waals surface area contributed by atoms with E-state index in [1.54, 1.807) is 7.11 Å². The van der Waals surface area contributed by atoms with Gasteiger partial charge in [-0.15, -0.1) is 0 Å². The zero-order valence-corrected chi connectivity index (χ0v) is 13.9. The Morgan fingerprint density at radius 1 is 1.04 bits per heavy atom. The number of aromatic nitrogens is 3. The van der Waals surface area contributed by atoms with Crippen molar-refractivity contribution in [1.29, 1.82) is 0 Å². The van der Waals surface area contributed by atoms with E-state index in [1.165, 1.54) is 0 Å². The maximum Gasteiger partial charge on any atom is 0.180 e. The number of para-hydroxylation sites is 1. The fourth-order valence-corrected chi connectivity index (χ4v) is 3.29. The molecule has 0 saturated carbocycles. The third kappa shape index (κ3) is 1.96. The highest BCUT2D eigenvalue weighted by Crippen LogP contribution is 2.36. The monoisotopic (exact) mass is 329 g/mol. The third-order valence-corrected chi connectivity index (χ3v) is 4.52. The predicted octanol–water partition coefficient (Wildman–Crippen LogP) is 4.64. The van der Waals surface area contributed by atoms with Gasteiger partial charge in [-0.05, 0) is 37.3 Å². The van der Waals surface area contributed by atoms with E-state index in [0.29, 0.717) is 0 Å². The lowest BCUT2D eigenvalue weighted by Crippen LogP contribution is -1.96. The summed E-state index contributed by atoms with van der Waals surface area (Å²) in [6.45, 7) is 2.00. The summed E-state index contributed by atoms with van der Waals surface area (Å²) in [7, 11) is 1.66. The van der Waals surface area contributed by atoms with Crippen LogP contribution in [-0.2, 0) is 0 Å². The second-order valence-electron chi connectivity index (χ2n) is 5.99. The molecule has 0 saturated heterocycles. The van der Waals surface area contributed by atoms with Crippen LogP contribution >= 0.6 is 0 Å². The van der Waals surface area contributed by atoms with Gasteiger partial charge in [0.2, 0.25) is 0 Å². The van der Waals surface area contributed by atoms with Crippen LogP contribution in [0.5, 0.6) is 5.75 Å². The Kier molecular flexibility index (Phi) is 2.85. The summed E-state index contributed by atoms with van der Waals surface area (Å²) in [4.78, 5) is 4.77. The Morgan fingerprint density at radius 3 is 2.68 bits per heavy atom. The molecule has 5 heteroatoms. The van der Waals surface area contributed by atoms with Gasteiger partial charge in [-0.3, -0.25) is 0 Å². The van der Waals surface area contributed by atoms with E-state index >= 15 is 0 Å². The number of rotatable bonds is 2. The van der Waals surface area contributed by atoms with Gasteiger partial charge in [0.1, 0.15) is 22.4 Å². The van der Waals surface area contributed by atoms with Gasteiger partial charge >= 0.3 is 0 Å². The number of aryl methyl sites for hydroxylation is 1. The molecule has 0 amide bonds. The standard InChI is InChI=1S/C20H15N3O2/c1-12-16-11-21-23(13-6-4-3-5-7-13)19(16)20-18(22-12)15-10-14(24-2)8-9-17(15)25-20/h3-11H,1-2H3. The predicted molar refractivity (Wildman–Crippen MR) is 97.4 cm³/mol. The number of fused-ring (bicyclic) bond motifs is 5. The van der Waals surface area contributed by atoms with Gasteiger partial charge in [0.15, 0.2) is 5.58 Å². The van der Waals surface area contributed by atoms with Crippen molar-refractivity contribution >= 4 is 33.0 Å². The van der Waals surface area contributed by atoms with Crippen LogP contribution in [0, 0.1) is 6.92 Å². The smallest absolute Gasteiger partial charge is 0.180 e. The SMILES string of the molecule is COc1ccc2oc3c(nc(C)c4cnn(-c5ccccc5)c43)c2c1. The molecule has 0 N–H and O–H groups in total. The summed E-state index contributed by atoms with van der Waals surface area (Å²) < 4.78 is 13.4. The molecule has 0 atom stereocenters. The van der Waals surface area contributed by atoms with Gasteiger partial charge in [0, 0.05) is 11.1 Å². The van der Waals surface area contributed by atoms with Crippen molar-refractivity contribution in [2.75, 3.05) is 7.11 Å². The van der Waals surface area contributed by atoms with Crippen molar-refractivity contribution in [3.05, 3.63) is 60.4 Å². The molecule has 25 heavy (non-hydrogen) atoms. The van der Waals surface area contributed by atoms with Crippen molar-refractivity contribution in [2.24, 2.45) is 0 Å². The van der Waals surface area contributed by atoms with Crippen LogP contribution in [0.2, 0.25) is 0 Å². The van der Waals surface area contributed by atoms with E-state index in [2.05, 4.69) is 5.10 Å². The Bertz CT molecular complexity index is 1240. The summed E-state index contributed by atoms with van der Waals surface area (Å²) in [6, 6.07) is 15.8. The number of hydrogen-bond donors (Lipinski definition) is 0. The Hall–Kier alpha value is -3.34. The molecular formula is C20H15N3O2. The summed E-state index contributed by atoms with van der Waals surface area (Å²) >= 11 is 0. The summed E-state index contributed by atoms with van der Waals surface area (Å²) in [5, 5.41) is 6.51. The number of ether oxygens (including phenoxy) is 1. The summed E-state index contributed by atoms with van der Waals surface area (Å²) in [5.41, 5.74) is 5.21. The highest BCUT2D eigenvalue weighted by atomic mass is 16.5. The quantitative estimate of drug-likeness (QED) is 0.473. The molecule has 0 fully saturated rings. The van der Waals surface area contributed by atoms with Crippen LogP contribution in [0.1, 0.15) is 5.69 Å². The topological polar surface area (TPSA) is 53.1 Å². The molecule has 5 rings (SSSR count). The maximum absolute atomic E-state index is 6.16. The first-order valence-corrected chi connectivity index (χ1v) is 8.06. The Balaban J connectivity index is 1.95. The number of methoxy groups -OCH3 is 1. The average molecular weight is 329 g/mol. The van der Waals surface area contributed by atoms with Crippen LogP contribution in [0.15, 0.2) is 59.1 Å². The molecule has 122 valence electrons. The van der Waals surface area contributed by atoms with Crippen molar-refractivity contribution in [2.45, 2.75) is 6.92 Å². The van der Waals surface area contributed by atoms with Crippen molar-refractivity contribution < 1.29 is 9.15 Å². The molecule has 0 unspecified atom stereocenters. The van der Waals surface area contributed by atoms with Gasteiger partial charge in [-0.1, -0.05) is 18.2 Å². The lowest BCUT2D eigenvalue weighted by molar-refractivity contribution is 0.415. The zero-order valence-electron chi connectivity index (χ0n) is 13.9. The molecule has 2 aromatic carbocycles. The van der Waals surface area contributed by atoms with Gasteiger partial charge in [0.25, 0.3) is 0 Å². The number of furan rings is 1. The fourth-order valence-electron chi connectivity index (χ4n) is 3.29. The highest BCUT2D eigenvalue weighted by molar-refractivity contribution is 6.12. The van der Waals surface area contributed by atoms with Gasteiger partial charge in [0.05, 0.1) is 24.4 Å². The molecule has 3 heterocycles.